The predicted molar refractivity (Wildman–Crippen MR) is 69.4 cm³/mol. The van der Waals surface area contributed by atoms with Crippen molar-refractivity contribution in [2.24, 2.45) is 0 Å². The van der Waals surface area contributed by atoms with Gasteiger partial charge < -0.3 is 4.74 Å². The SMILES string of the molecule is CCOC(C)C(=O)c1cccc2ccccc12. The van der Waals surface area contributed by atoms with Crippen LogP contribution in [0, 0.1) is 0 Å². The van der Waals surface area contributed by atoms with E-state index in [-0.39, 0.29) is 11.9 Å². The molecular weight excluding hydrogens is 212 g/mol. The van der Waals surface area contributed by atoms with E-state index in [0.29, 0.717) is 6.61 Å². The van der Waals surface area contributed by atoms with E-state index in [9.17, 15) is 4.79 Å². The third-order valence-electron chi connectivity index (χ3n) is 2.84. The van der Waals surface area contributed by atoms with Crippen LogP contribution in [-0.4, -0.2) is 18.5 Å². The Kier molecular flexibility index (Phi) is 3.55. The van der Waals surface area contributed by atoms with E-state index in [1.807, 2.05) is 49.4 Å². The zero-order valence-corrected chi connectivity index (χ0v) is 10.1. The van der Waals surface area contributed by atoms with Crippen molar-refractivity contribution in [2.75, 3.05) is 6.61 Å². The Bertz CT molecular complexity index is 526. The van der Waals surface area contributed by atoms with Crippen LogP contribution in [-0.2, 0) is 4.74 Å². The molecule has 88 valence electrons. The maximum absolute atomic E-state index is 12.2. The Labute approximate surface area is 101 Å². The standard InChI is InChI=1S/C15H16O2/c1-3-17-11(2)15(16)14-10-6-8-12-7-4-5-9-13(12)14/h4-11H,3H2,1-2H3. The molecule has 0 amide bonds. The van der Waals surface area contributed by atoms with Gasteiger partial charge in [0.05, 0.1) is 0 Å². The molecule has 2 nitrogen and oxygen atoms in total. The number of carbonyl (C=O) groups excluding carboxylic acids is 1. The van der Waals surface area contributed by atoms with Crippen LogP contribution in [0.4, 0.5) is 0 Å². The summed E-state index contributed by atoms with van der Waals surface area (Å²) in [5, 5.41) is 2.08. The van der Waals surface area contributed by atoms with Crippen molar-refractivity contribution >= 4 is 16.6 Å². The summed E-state index contributed by atoms with van der Waals surface area (Å²) >= 11 is 0. The van der Waals surface area contributed by atoms with Gasteiger partial charge in [0.25, 0.3) is 0 Å². The van der Waals surface area contributed by atoms with Crippen molar-refractivity contribution < 1.29 is 9.53 Å². The first-order chi connectivity index (χ1) is 8.24. The molecule has 1 unspecified atom stereocenters. The van der Waals surface area contributed by atoms with Crippen molar-refractivity contribution in [3.63, 3.8) is 0 Å². The highest BCUT2D eigenvalue weighted by Crippen LogP contribution is 2.20. The Morgan fingerprint density at radius 2 is 1.88 bits per heavy atom. The van der Waals surface area contributed by atoms with E-state index in [2.05, 4.69) is 0 Å². The van der Waals surface area contributed by atoms with Crippen molar-refractivity contribution in [2.45, 2.75) is 20.0 Å². The molecule has 17 heavy (non-hydrogen) atoms. The molecule has 2 aromatic rings. The second-order valence-electron chi connectivity index (χ2n) is 3.99. The van der Waals surface area contributed by atoms with E-state index in [4.69, 9.17) is 4.74 Å². The molecule has 0 N–H and O–H groups in total. The first-order valence-corrected chi connectivity index (χ1v) is 5.87. The number of ketones is 1. The van der Waals surface area contributed by atoms with Gasteiger partial charge in [0.1, 0.15) is 6.10 Å². The summed E-state index contributed by atoms with van der Waals surface area (Å²) < 4.78 is 5.36. The summed E-state index contributed by atoms with van der Waals surface area (Å²) in [5.74, 6) is 0.0450. The molecule has 1 atom stereocenters. The minimum atomic E-state index is -0.384. The fraction of sp³-hybridized carbons (Fsp3) is 0.267. The highest BCUT2D eigenvalue weighted by molar-refractivity contribution is 6.09. The highest BCUT2D eigenvalue weighted by Gasteiger charge is 2.16. The van der Waals surface area contributed by atoms with E-state index in [0.717, 1.165) is 16.3 Å². The highest BCUT2D eigenvalue weighted by atomic mass is 16.5. The molecule has 2 rings (SSSR count). The van der Waals surface area contributed by atoms with Gasteiger partial charge in [0.15, 0.2) is 5.78 Å². The largest absolute Gasteiger partial charge is 0.371 e. The first kappa shape index (κ1) is 11.8. The number of rotatable bonds is 4. The number of fused-ring (bicyclic) bond motifs is 1. The molecule has 0 spiro atoms. The molecule has 0 saturated heterocycles. The molecule has 2 aromatic carbocycles. The maximum atomic E-state index is 12.2. The monoisotopic (exact) mass is 228 g/mol. The number of hydrogen-bond acceptors (Lipinski definition) is 2. The van der Waals surface area contributed by atoms with Gasteiger partial charge in [0, 0.05) is 12.2 Å². The third-order valence-corrected chi connectivity index (χ3v) is 2.84. The third kappa shape index (κ3) is 2.37. The van der Waals surface area contributed by atoms with Crippen LogP contribution >= 0.6 is 0 Å². The van der Waals surface area contributed by atoms with Crippen LogP contribution in [0.25, 0.3) is 10.8 Å². The topological polar surface area (TPSA) is 26.3 Å². The van der Waals surface area contributed by atoms with Gasteiger partial charge in [-0.25, -0.2) is 0 Å². The Morgan fingerprint density at radius 3 is 2.65 bits per heavy atom. The molecule has 0 aliphatic rings. The lowest BCUT2D eigenvalue weighted by molar-refractivity contribution is 0.0522. The lowest BCUT2D eigenvalue weighted by Gasteiger charge is -2.12. The van der Waals surface area contributed by atoms with Crippen LogP contribution in [0.5, 0.6) is 0 Å². The summed E-state index contributed by atoms with van der Waals surface area (Å²) in [7, 11) is 0. The van der Waals surface area contributed by atoms with E-state index >= 15 is 0 Å². The lowest BCUT2D eigenvalue weighted by atomic mass is 9.99. The predicted octanol–water partition coefficient (Wildman–Crippen LogP) is 3.45. The average molecular weight is 228 g/mol. The van der Waals surface area contributed by atoms with Gasteiger partial charge >= 0.3 is 0 Å². The van der Waals surface area contributed by atoms with Gasteiger partial charge in [-0.15, -0.1) is 0 Å². The van der Waals surface area contributed by atoms with Crippen LogP contribution in [0.1, 0.15) is 24.2 Å². The molecule has 0 heterocycles. The van der Waals surface area contributed by atoms with E-state index in [1.54, 1.807) is 6.92 Å². The number of Topliss-reactive ketones (excluding diaryl/α,β-unsaturated/α-hetero) is 1. The quantitative estimate of drug-likeness (QED) is 0.749. The summed E-state index contributed by atoms with van der Waals surface area (Å²) in [6, 6.07) is 13.7. The lowest BCUT2D eigenvalue weighted by Crippen LogP contribution is -2.21. The summed E-state index contributed by atoms with van der Waals surface area (Å²) in [6.07, 6.45) is -0.384. The molecular formula is C15H16O2. The minimum absolute atomic E-state index is 0.0450. The zero-order valence-electron chi connectivity index (χ0n) is 10.1. The van der Waals surface area contributed by atoms with Crippen molar-refractivity contribution in [3.05, 3.63) is 48.0 Å². The Balaban J connectivity index is 2.45. The van der Waals surface area contributed by atoms with Gasteiger partial charge in [-0.3, -0.25) is 4.79 Å². The molecule has 0 radical (unpaired) electrons. The zero-order chi connectivity index (χ0) is 12.3. The fourth-order valence-corrected chi connectivity index (χ4v) is 1.98. The van der Waals surface area contributed by atoms with Crippen molar-refractivity contribution in [1.82, 2.24) is 0 Å². The van der Waals surface area contributed by atoms with E-state index in [1.165, 1.54) is 0 Å². The van der Waals surface area contributed by atoms with Crippen LogP contribution in [0.2, 0.25) is 0 Å². The first-order valence-electron chi connectivity index (χ1n) is 5.87. The van der Waals surface area contributed by atoms with Gasteiger partial charge in [-0.2, -0.15) is 0 Å². The summed E-state index contributed by atoms with van der Waals surface area (Å²) in [5.41, 5.74) is 0.740. The van der Waals surface area contributed by atoms with Gasteiger partial charge in [-0.1, -0.05) is 42.5 Å². The van der Waals surface area contributed by atoms with E-state index < -0.39 is 0 Å². The molecule has 0 fully saturated rings. The summed E-state index contributed by atoms with van der Waals surface area (Å²) in [4.78, 5) is 12.2. The maximum Gasteiger partial charge on any atom is 0.191 e. The van der Waals surface area contributed by atoms with Crippen LogP contribution in [0.3, 0.4) is 0 Å². The van der Waals surface area contributed by atoms with Crippen LogP contribution < -0.4 is 0 Å². The van der Waals surface area contributed by atoms with Gasteiger partial charge in [0.2, 0.25) is 0 Å². The Morgan fingerprint density at radius 1 is 1.18 bits per heavy atom. The van der Waals surface area contributed by atoms with Crippen molar-refractivity contribution in [1.29, 1.82) is 0 Å². The minimum Gasteiger partial charge on any atom is -0.371 e. The second kappa shape index (κ2) is 5.11. The molecule has 2 heteroatoms. The van der Waals surface area contributed by atoms with Crippen molar-refractivity contribution in [3.8, 4) is 0 Å². The second-order valence-corrected chi connectivity index (χ2v) is 3.99. The van der Waals surface area contributed by atoms with Gasteiger partial charge in [-0.05, 0) is 24.6 Å². The Hall–Kier alpha value is -1.67. The normalized spacial score (nSPS) is 12.6. The molecule has 0 saturated carbocycles. The number of carbonyl (C=O) groups is 1. The molecule has 0 aromatic heterocycles. The molecule has 0 bridgehead atoms. The summed E-state index contributed by atoms with van der Waals surface area (Å²) in [6.45, 7) is 4.25. The number of hydrogen-bond donors (Lipinski definition) is 0. The number of ether oxygens (including phenoxy) is 1. The molecule has 0 aliphatic heterocycles. The van der Waals surface area contributed by atoms with Crippen LogP contribution in [0.15, 0.2) is 42.5 Å². The fourth-order valence-electron chi connectivity index (χ4n) is 1.98. The average Bonchev–Trinajstić information content (AvgIpc) is 2.37. The molecule has 0 aliphatic carbocycles. The smallest absolute Gasteiger partial charge is 0.191 e. The number of benzene rings is 2.